The molecule has 0 amide bonds. The predicted octanol–water partition coefficient (Wildman–Crippen LogP) is 4.94. The number of hydrogen-bond donors (Lipinski definition) is 0. The molecule has 0 aliphatic rings. The van der Waals surface area contributed by atoms with Crippen LogP contribution in [0.4, 0.5) is 0 Å². The standard InChI is InChI=1S/C19H23NS/c1-19(2,3)12-6-5-7-13-20(4)15-16-9-8-10-18-17(16)11-14-21-18/h5,7-11,14H,13,15H2,1-4H3/b7-5+. The molecular weight excluding hydrogens is 274 g/mol. The molecule has 0 fully saturated rings. The number of nitrogens with zero attached hydrogens (tertiary/aromatic N) is 1. The maximum Gasteiger partial charge on any atom is 0.0345 e. The van der Waals surface area contributed by atoms with Gasteiger partial charge in [0.1, 0.15) is 0 Å². The Morgan fingerprint density at radius 3 is 2.81 bits per heavy atom. The van der Waals surface area contributed by atoms with Gasteiger partial charge in [-0.2, -0.15) is 0 Å². The minimum absolute atomic E-state index is 0.0742. The highest BCUT2D eigenvalue weighted by molar-refractivity contribution is 7.17. The van der Waals surface area contributed by atoms with Crippen LogP contribution in [0.25, 0.3) is 10.1 Å². The second kappa shape index (κ2) is 6.93. The van der Waals surface area contributed by atoms with E-state index in [4.69, 9.17) is 0 Å². The Bertz CT molecular complexity index is 677. The van der Waals surface area contributed by atoms with E-state index < -0.39 is 0 Å². The normalized spacial score (nSPS) is 12.0. The fourth-order valence-electron chi connectivity index (χ4n) is 2.10. The highest BCUT2D eigenvalue weighted by atomic mass is 32.1. The first kappa shape index (κ1) is 15.8. The van der Waals surface area contributed by atoms with Crippen LogP contribution in [-0.4, -0.2) is 18.5 Å². The largest absolute Gasteiger partial charge is 0.298 e. The molecule has 1 aromatic carbocycles. The Morgan fingerprint density at radius 1 is 1.24 bits per heavy atom. The van der Waals surface area contributed by atoms with E-state index in [1.807, 2.05) is 6.08 Å². The molecule has 0 radical (unpaired) electrons. The lowest BCUT2D eigenvalue weighted by Gasteiger charge is -2.15. The molecule has 2 heteroatoms. The number of thiophene rings is 1. The van der Waals surface area contributed by atoms with Gasteiger partial charge in [0, 0.05) is 23.2 Å². The summed E-state index contributed by atoms with van der Waals surface area (Å²) < 4.78 is 1.37. The topological polar surface area (TPSA) is 3.24 Å². The van der Waals surface area contributed by atoms with E-state index in [9.17, 15) is 0 Å². The van der Waals surface area contributed by atoms with Gasteiger partial charge < -0.3 is 0 Å². The van der Waals surface area contributed by atoms with Crippen molar-refractivity contribution < 1.29 is 0 Å². The molecule has 0 unspecified atom stereocenters. The van der Waals surface area contributed by atoms with E-state index in [1.165, 1.54) is 15.6 Å². The van der Waals surface area contributed by atoms with E-state index in [1.54, 1.807) is 11.3 Å². The zero-order valence-corrected chi connectivity index (χ0v) is 14.1. The summed E-state index contributed by atoms with van der Waals surface area (Å²) in [6.45, 7) is 8.26. The number of fused-ring (bicyclic) bond motifs is 1. The van der Waals surface area contributed by atoms with E-state index in [0.717, 1.165) is 13.1 Å². The van der Waals surface area contributed by atoms with Crippen LogP contribution in [0, 0.1) is 17.3 Å². The highest BCUT2D eigenvalue weighted by Gasteiger charge is 2.04. The second-order valence-corrected chi connectivity index (χ2v) is 7.32. The van der Waals surface area contributed by atoms with Gasteiger partial charge in [0.2, 0.25) is 0 Å². The molecule has 1 heterocycles. The maximum atomic E-state index is 3.21. The van der Waals surface area contributed by atoms with Crippen LogP contribution in [0.3, 0.4) is 0 Å². The molecule has 21 heavy (non-hydrogen) atoms. The first-order valence-corrected chi connectivity index (χ1v) is 8.15. The lowest BCUT2D eigenvalue weighted by Crippen LogP contribution is -2.17. The van der Waals surface area contributed by atoms with Gasteiger partial charge in [-0.05, 0) is 62.4 Å². The summed E-state index contributed by atoms with van der Waals surface area (Å²) in [6, 6.07) is 8.76. The van der Waals surface area contributed by atoms with Gasteiger partial charge in [-0.25, -0.2) is 0 Å². The highest BCUT2D eigenvalue weighted by Crippen LogP contribution is 2.24. The van der Waals surface area contributed by atoms with Crippen molar-refractivity contribution in [1.29, 1.82) is 0 Å². The number of hydrogen-bond acceptors (Lipinski definition) is 2. The van der Waals surface area contributed by atoms with Gasteiger partial charge in [0.05, 0.1) is 0 Å². The molecule has 0 atom stereocenters. The summed E-state index contributed by atoms with van der Waals surface area (Å²) in [4.78, 5) is 2.31. The average Bonchev–Trinajstić information content (AvgIpc) is 2.86. The minimum Gasteiger partial charge on any atom is -0.298 e. The Kier molecular flexibility index (Phi) is 5.22. The van der Waals surface area contributed by atoms with Crippen molar-refractivity contribution in [3.05, 3.63) is 47.4 Å². The average molecular weight is 297 g/mol. The molecular formula is C19H23NS. The lowest BCUT2D eigenvalue weighted by atomic mass is 9.98. The Labute approximate surface area is 132 Å². The van der Waals surface area contributed by atoms with Crippen molar-refractivity contribution in [3.63, 3.8) is 0 Å². The summed E-state index contributed by atoms with van der Waals surface area (Å²) in [7, 11) is 2.15. The van der Waals surface area contributed by atoms with Crippen molar-refractivity contribution in [3.8, 4) is 11.8 Å². The van der Waals surface area contributed by atoms with E-state index in [2.05, 4.69) is 80.3 Å². The van der Waals surface area contributed by atoms with E-state index >= 15 is 0 Å². The van der Waals surface area contributed by atoms with Crippen molar-refractivity contribution in [2.45, 2.75) is 27.3 Å². The van der Waals surface area contributed by atoms with Gasteiger partial charge in [-0.15, -0.1) is 11.3 Å². The van der Waals surface area contributed by atoms with Crippen molar-refractivity contribution >= 4 is 21.4 Å². The van der Waals surface area contributed by atoms with Crippen LogP contribution in [-0.2, 0) is 6.54 Å². The van der Waals surface area contributed by atoms with Crippen LogP contribution in [0.2, 0.25) is 0 Å². The summed E-state index contributed by atoms with van der Waals surface area (Å²) in [5, 5.41) is 3.54. The lowest BCUT2D eigenvalue weighted by molar-refractivity contribution is 0.365. The molecule has 0 aliphatic carbocycles. The second-order valence-electron chi connectivity index (χ2n) is 6.37. The third-order valence-electron chi connectivity index (χ3n) is 3.09. The summed E-state index contributed by atoms with van der Waals surface area (Å²) >= 11 is 1.80. The van der Waals surface area contributed by atoms with Crippen LogP contribution < -0.4 is 0 Å². The smallest absolute Gasteiger partial charge is 0.0345 e. The van der Waals surface area contributed by atoms with Crippen molar-refractivity contribution in [2.24, 2.45) is 5.41 Å². The monoisotopic (exact) mass is 297 g/mol. The third-order valence-corrected chi connectivity index (χ3v) is 3.97. The molecule has 1 aromatic heterocycles. The zero-order chi connectivity index (χ0) is 15.3. The summed E-state index contributed by atoms with van der Waals surface area (Å²) in [5.74, 6) is 6.33. The zero-order valence-electron chi connectivity index (χ0n) is 13.3. The van der Waals surface area contributed by atoms with Gasteiger partial charge >= 0.3 is 0 Å². The Morgan fingerprint density at radius 2 is 2.05 bits per heavy atom. The first-order valence-electron chi connectivity index (χ1n) is 7.27. The molecule has 2 aromatic rings. The number of benzene rings is 1. The molecule has 0 saturated carbocycles. The van der Waals surface area contributed by atoms with E-state index in [0.29, 0.717) is 0 Å². The first-order chi connectivity index (χ1) is 9.96. The fraction of sp³-hybridized carbons (Fsp3) is 0.368. The van der Waals surface area contributed by atoms with Crippen LogP contribution in [0.1, 0.15) is 26.3 Å². The van der Waals surface area contributed by atoms with Gasteiger partial charge in [-0.1, -0.05) is 30.0 Å². The summed E-state index contributed by atoms with van der Waals surface area (Å²) in [5.41, 5.74) is 1.47. The van der Waals surface area contributed by atoms with Crippen LogP contribution in [0.15, 0.2) is 41.8 Å². The number of rotatable bonds is 4. The molecule has 0 N–H and O–H groups in total. The van der Waals surface area contributed by atoms with Crippen molar-refractivity contribution in [2.75, 3.05) is 13.6 Å². The van der Waals surface area contributed by atoms with Crippen LogP contribution in [0.5, 0.6) is 0 Å². The van der Waals surface area contributed by atoms with Crippen LogP contribution >= 0.6 is 11.3 Å². The molecule has 2 rings (SSSR count). The minimum atomic E-state index is 0.0742. The van der Waals surface area contributed by atoms with Gasteiger partial charge in [0.25, 0.3) is 0 Å². The molecule has 0 aliphatic heterocycles. The molecule has 0 saturated heterocycles. The van der Waals surface area contributed by atoms with Gasteiger partial charge in [0.15, 0.2) is 0 Å². The SMILES string of the molecule is CN(C/C=C/C#CC(C)(C)C)Cc1cccc2sccc12. The Balaban J connectivity index is 1.93. The van der Waals surface area contributed by atoms with Gasteiger partial charge in [-0.3, -0.25) is 4.90 Å². The summed E-state index contributed by atoms with van der Waals surface area (Å²) in [6.07, 6.45) is 4.10. The number of likely N-dealkylation sites (N-methyl/N-ethyl adjacent to an activating group) is 1. The molecule has 110 valence electrons. The molecule has 0 bridgehead atoms. The maximum absolute atomic E-state index is 3.21. The third kappa shape index (κ3) is 5.04. The quantitative estimate of drug-likeness (QED) is 0.723. The Hall–Kier alpha value is -1.56. The van der Waals surface area contributed by atoms with E-state index in [-0.39, 0.29) is 5.41 Å². The predicted molar refractivity (Wildman–Crippen MR) is 94.5 cm³/mol. The number of allylic oxidation sites excluding steroid dienone is 1. The fourth-order valence-corrected chi connectivity index (χ4v) is 2.93. The molecule has 0 spiro atoms. The molecule has 1 nitrogen and oxygen atoms in total. The van der Waals surface area contributed by atoms with Crippen molar-refractivity contribution in [1.82, 2.24) is 4.90 Å².